The highest BCUT2D eigenvalue weighted by Gasteiger charge is 2.34. The molecule has 5 heteroatoms. The minimum atomic E-state index is -0.857. The summed E-state index contributed by atoms with van der Waals surface area (Å²) in [6.07, 6.45) is 5.77. The van der Waals surface area contributed by atoms with E-state index in [0.29, 0.717) is 12.5 Å². The van der Waals surface area contributed by atoms with E-state index in [1.165, 1.54) is 19.3 Å². The van der Waals surface area contributed by atoms with Crippen molar-refractivity contribution in [3.63, 3.8) is 0 Å². The van der Waals surface area contributed by atoms with Gasteiger partial charge in [0, 0.05) is 19.1 Å². The second kappa shape index (κ2) is 8.45. The molecule has 5 nitrogen and oxygen atoms in total. The van der Waals surface area contributed by atoms with Crippen molar-refractivity contribution in [3.05, 3.63) is 0 Å². The fourth-order valence-electron chi connectivity index (χ4n) is 3.88. The number of likely N-dealkylation sites (tertiary alicyclic amines) is 2. The van der Waals surface area contributed by atoms with Crippen LogP contribution in [0.3, 0.4) is 0 Å². The number of carbonyl (C=O) groups excluding carboxylic acids is 1. The number of rotatable bonds is 6. The summed E-state index contributed by atoms with van der Waals surface area (Å²) in [4.78, 5) is 17.1. The number of amides is 1. The minimum absolute atomic E-state index is 0.00138. The molecule has 2 aliphatic rings. The molecule has 23 heavy (non-hydrogen) atoms. The third-order valence-corrected chi connectivity index (χ3v) is 5.29. The number of hydrogen-bond donors (Lipinski definition) is 2. The Morgan fingerprint density at radius 3 is 2.48 bits per heavy atom. The summed E-state index contributed by atoms with van der Waals surface area (Å²) >= 11 is 0. The summed E-state index contributed by atoms with van der Waals surface area (Å²) in [5.74, 6) is 0.406. The highest BCUT2D eigenvalue weighted by molar-refractivity contribution is 5.77. The van der Waals surface area contributed by atoms with E-state index in [1.54, 1.807) is 0 Å². The van der Waals surface area contributed by atoms with Gasteiger partial charge in [0.05, 0.1) is 12.0 Å². The summed E-state index contributed by atoms with van der Waals surface area (Å²) in [5.41, 5.74) is -0.857. The Bertz CT molecular complexity index is 382. The van der Waals surface area contributed by atoms with Gasteiger partial charge in [0.25, 0.3) is 0 Å². The second-order valence-electron chi connectivity index (χ2n) is 8.02. The average Bonchev–Trinajstić information content (AvgIpc) is 2.46. The number of carbonyl (C=O) groups is 1. The molecule has 1 amide bonds. The molecule has 134 valence electrons. The van der Waals surface area contributed by atoms with Crippen molar-refractivity contribution in [2.45, 2.75) is 64.0 Å². The van der Waals surface area contributed by atoms with Crippen LogP contribution >= 0.6 is 0 Å². The maximum Gasteiger partial charge on any atom is 0.223 e. The molecule has 2 saturated heterocycles. The quantitative estimate of drug-likeness (QED) is 0.776. The zero-order chi connectivity index (χ0) is 16.9. The summed E-state index contributed by atoms with van der Waals surface area (Å²) < 4.78 is 0. The van der Waals surface area contributed by atoms with Gasteiger partial charge in [-0.1, -0.05) is 20.3 Å². The molecule has 2 fully saturated rings. The van der Waals surface area contributed by atoms with Gasteiger partial charge in [0.1, 0.15) is 0 Å². The van der Waals surface area contributed by atoms with Gasteiger partial charge in [-0.15, -0.1) is 0 Å². The molecule has 0 aliphatic carbocycles. The van der Waals surface area contributed by atoms with E-state index in [0.717, 1.165) is 39.0 Å². The van der Waals surface area contributed by atoms with Crippen LogP contribution in [0.4, 0.5) is 0 Å². The number of β-amino-alcohol motifs (C(OH)–C–C–N with tert-alkyl or cyclic N) is 1. The van der Waals surface area contributed by atoms with E-state index < -0.39 is 5.60 Å². The lowest BCUT2D eigenvalue weighted by atomic mass is 9.89. The lowest BCUT2D eigenvalue weighted by Gasteiger charge is -2.38. The molecule has 2 aliphatic heterocycles. The SMILES string of the molecule is CC(C)C(CN1CCCCC1)NC(=O)CC1(O)CCCN(C)C1. The Balaban J connectivity index is 1.84. The van der Waals surface area contributed by atoms with Crippen LogP contribution in [-0.2, 0) is 4.79 Å². The van der Waals surface area contributed by atoms with Gasteiger partial charge in [-0.05, 0) is 58.3 Å². The fourth-order valence-corrected chi connectivity index (χ4v) is 3.88. The van der Waals surface area contributed by atoms with Crippen molar-refractivity contribution < 1.29 is 9.90 Å². The molecule has 2 heterocycles. The molecule has 2 unspecified atom stereocenters. The van der Waals surface area contributed by atoms with Crippen LogP contribution in [0.2, 0.25) is 0 Å². The molecular weight excluding hydrogens is 290 g/mol. The molecule has 2 rings (SSSR count). The van der Waals surface area contributed by atoms with E-state index in [4.69, 9.17) is 0 Å². The molecule has 0 bridgehead atoms. The van der Waals surface area contributed by atoms with E-state index in [1.807, 2.05) is 7.05 Å². The maximum atomic E-state index is 12.5. The first kappa shape index (κ1) is 18.7. The number of nitrogens with zero attached hydrogens (tertiary/aromatic N) is 2. The van der Waals surface area contributed by atoms with Crippen LogP contribution < -0.4 is 5.32 Å². The first-order valence-corrected chi connectivity index (χ1v) is 9.31. The van der Waals surface area contributed by atoms with E-state index in [9.17, 15) is 9.90 Å². The molecular formula is C18H35N3O2. The summed E-state index contributed by atoms with van der Waals surface area (Å²) in [6.45, 7) is 9.16. The Morgan fingerprint density at radius 2 is 1.87 bits per heavy atom. The van der Waals surface area contributed by atoms with Crippen LogP contribution in [0.15, 0.2) is 0 Å². The van der Waals surface area contributed by atoms with Crippen molar-refractivity contribution in [1.82, 2.24) is 15.1 Å². The zero-order valence-corrected chi connectivity index (χ0v) is 15.2. The molecule has 0 aromatic carbocycles. The number of hydrogen-bond acceptors (Lipinski definition) is 4. The number of nitrogens with one attached hydrogen (secondary N) is 1. The molecule has 2 atom stereocenters. The Hall–Kier alpha value is -0.650. The molecule has 0 saturated carbocycles. The predicted octanol–water partition coefficient (Wildman–Crippen LogP) is 1.46. The normalized spacial score (nSPS) is 28.7. The van der Waals surface area contributed by atoms with Crippen molar-refractivity contribution in [1.29, 1.82) is 0 Å². The van der Waals surface area contributed by atoms with Crippen molar-refractivity contribution >= 4 is 5.91 Å². The fraction of sp³-hybridized carbons (Fsp3) is 0.944. The van der Waals surface area contributed by atoms with Crippen LogP contribution in [0.25, 0.3) is 0 Å². The number of likely N-dealkylation sites (N-methyl/N-ethyl adjacent to an activating group) is 1. The Labute approximate surface area is 141 Å². The highest BCUT2D eigenvalue weighted by atomic mass is 16.3. The third kappa shape index (κ3) is 6.05. The molecule has 0 spiro atoms. The maximum absolute atomic E-state index is 12.5. The van der Waals surface area contributed by atoms with Gasteiger partial charge in [0.15, 0.2) is 0 Å². The first-order chi connectivity index (χ1) is 10.9. The van der Waals surface area contributed by atoms with Gasteiger partial charge < -0.3 is 20.2 Å². The van der Waals surface area contributed by atoms with Crippen molar-refractivity contribution in [2.75, 3.05) is 39.8 Å². The van der Waals surface area contributed by atoms with Gasteiger partial charge in [-0.25, -0.2) is 0 Å². The lowest BCUT2D eigenvalue weighted by molar-refractivity contribution is -0.129. The number of aliphatic hydroxyl groups is 1. The topological polar surface area (TPSA) is 55.8 Å². The van der Waals surface area contributed by atoms with E-state index in [-0.39, 0.29) is 18.4 Å². The summed E-state index contributed by atoms with van der Waals surface area (Å²) in [6, 6.07) is 0.172. The Kier molecular flexibility index (Phi) is 6.86. The van der Waals surface area contributed by atoms with Crippen LogP contribution in [0.5, 0.6) is 0 Å². The highest BCUT2D eigenvalue weighted by Crippen LogP contribution is 2.23. The monoisotopic (exact) mass is 325 g/mol. The van der Waals surface area contributed by atoms with Gasteiger partial charge in [-0.3, -0.25) is 4.79 Å². The van der Waals surface area contributed by atoms with Crippen molar-refractivity contribution in [3.8, 4) is 0 Å². The Morgan fingerprint density at radius 1 is 1.17 bits per heavy atom. The second-order valence-corrected chi connectivity index (χ2v) is 8.02. The van der Waals surface area contributed by atoms with Gasteiger partial charge in [0.2, 0.25) is 5.91 Å². The molecule has 0 aromatic rings. The standard InChI is InChI=1S/C18H35N3O2/c1-15(2)16(13-21-10-5-4-6-11-21)19-17(22)12-18(23)8-7-9-20(3)14-18/h15-16,23H,4-14H2,1-3H3,(H,19,22). The predicted molar refractivity (Wildman–Crippen MR) is 93.4 cm³/mol. The summed E-state index contributed by atoms with van der Waals surface area (Å²) in [5, 5.41) is 13.9. The first-order valence-electron chi connectivity index (χ1n) is 9.31. The lowest BCUT2D eigenvalue weighted by Crippen LogP contribution is -2.52. The molecule has 0 aromatic heterocycles. The number of piperidine rings is 2. The smallest absolute Gasteiger partial charge is 0.223 e. The van der Waals surface area contributed by atoms with Gasteiger partial charge in [-0.2, -0.15) is 0 Å². The zero-order valence-electron chi connectivity index (χ0n) is 15.2. The summed E-state index contributed by atoms with van der Waals surface area (Å²) in [7, 11) is 2.01. The van der Waals surface area contributed by atoms with E-state index in [2.05, 4.69) is 29.0 Å². The van der Waals surface area contributed by atoms with E-state index >= 15 is 0 Å². The van der Waals surface area contributed by atoms with Crippen molar-refractivity contribution in [2.24, 2.45) is 5.92 Å². The largest absolute Gasteiger partial charge is 0.388 e. The minimum Gasteiger partial charge on any atom is -0.388 e. The van der Waals surface area contributed by atoms with Gasteiger partial charge >= 0.3 is 0 Å². The third-order valence-electron chi connectivity index (χ3n) is 5.29. The van der Waals surface area contributed by atoms with Crippen LogP contribution in [0, 0.1) is 5.92 Å². The molecule has 2 N–H and O–H groups in total. The van der Waals surface area contributed by atoms with Crippen LogP contribution in [-0.4, -0.2) is 72.2 Å². The van der Waals surface area contributed by atoms with Crippen LogP contribution in [0.1, 0.15) is 52.4 Å². The average molecular weight is 325 g/mol. The molecule has 0 radical (unpaired) electrons.